The number of aryl methyl sites for hydroxylation is 1. The predicted octanol–water partition coefficient (Wildman–Crippen LogP) is 4.69. The molecule has 96 valence electrons. The van der Waals surface area contributed by atoms with Crippen LogP contribution in [0.4, 0.5) is 5.69 Å². The first-order valence-corrected chi connectivity index (χ1v) is 6.43. The van der Waals surface area contributed by atoms with Gasteiger partial charge in [0, 0.05) is 11.6 Å². The molecule has 1 aromatic heterocycles. The van der Waals surface area contributed by atoms with E-state index in [-0.39, 0.29) is 0 Å². The largest absolute Gasteiger partial charge is 0.436 e. The Bertz CT molecular complexity index is 763. The van der Waals surface area contributed by atoms with Crippen molar-refractivity contribution in [2.24, 2.45) is 0 Å². The fraction of sp³-hybridized carbons (Fsp3) is 0.0714. The molecule has 0 spiro atoms. The van der Waals surface area contributed by atoms with Crippen LogP contribution >= 0.6 is 23.2 Å². The summed E-state index contributed by atoms with van der Waals surface area (Å²) < 4.78 is 5.68. The number of aromatic nitrogens is 1. The number of nitrogens with zero attached hydrogens (tertiary/aromatic N) is 1. The maximum atomic E-state index is 6.13. The van der Waals surface area contributed by atoms with Gasteiger partial charge in [-0.25, -0.2) is 4.98 Å². The number of nitrogens with two attached hydrogens (primary N) is 1. The van der Waals surface area contributed by atoms with Gasteiger partial charge in [0.25, 0.3) is 0 Å². The van der Waals surface area contributed by atoms with Gasteiger partial charge in [-0.05, 0) is 19.1 Å². The number of anilines is 1. The van der Waals surface area contributed by atoms with Gasteiger partial charge >= 0.3 is 0 Å². The first-order valence-electron chi connectivity index (χ1n) is 5.67. The summed E-state index contributed by atoms with van der Waals surface area (Å²) in [6.45, 7) is 2.02. The van der Waals surface area contributed by atoms with Gasteiger partial charge in [0.05, 0.1) is 15.7 Å². The number of hydrogen-bond acceptors (Lipinski definition) is 3. The monoisotopic (exact) mass is 292 g/mol. The minimum atomic E-state index is 0.319. The highest BCUT2D eigenvalue weighted by molar-refractivity contribution is 6.42. The van der Waals surface area contributed by atoms with Gasteiger partial charge in [0.15, 0.2) is 5.58 Å². The summed E-state index contributed by atoms with van der Waals surface area (Å²) in [5.41, 5.74) is 9.20. The second-order valence-corrected chi connectivity index (χ2v) is 5.10. The number of fused-ring (bicyclic) bond motifs is 1. The van der Waals surface area contributed by atoms with Gasteiger partial charge in [-0.3, -0.25) is 0 Å². The maximum absolute atomic E-state index is 6.13. The van der Waals surface area contributed by atoms with Crippen molar-refractivity contribution in [3.05, 3.63) is 45.9 Å². The van der Waals surface area contributed by atoms with E-state index in [0.717, 1.165) is 5.56 Å². The number of benzene rings is 2. The Kier molecular flexibility index (Phi) is 2.88. The van der Waals surface area contributed by atoms with Crippen LogP contribution in [-0.2, 0) is 0 Å². The standard InChI is InChI=1S/C14H10Cl2N2O/c1-7-2-4-8(5-3-7)14-18-13-10(19-14)6-9(15)12(17)11(13)16/h2-6H,17H2,1H3. The van der Waals surface area contributed by atoms with Crippen molar-refractivity contribution in [1.29, 1.82) is 0 Å². The lowest BCUT2D eigenvalue weighted by molar-refractivity contribution is 0.620. The second kappa shape index (κ2) is 4.44. The van der Waals surface area contributed by atoms with Crippen LogP contribution in [0.15, 0.2) is 34.7 Å². The molecule has 2 N–H and O–H groups in total. The van der Waals surface area contributed by atoms with Crippen LogP contribution in [-0.4, -0.2) is 4.98 Å². The maximum Gasteiger partial charge on any atom is 0.227 e. The Hall–Kier alpha value is -1.71. The molecule has 3 nitrogen and oxygen atoms in total. The van der Waals surface area contributed by atoms with Gasteiger partial charge in [-0.15, -0.1) is 0 Å². The number of oxazole rings is 1. The Morgan fingerprint density at radius 2 is 1.84 bits per heavy atom. The molecule has 0 fully saturated rings. The van der Waals surface area contributed by atoms with E-state index in [1.807, 2.05) is 31.2 Å². The van der Waals surface area contributed by atoms with Gasteiger partial charge in [-0.1, -0.05) is 40.9 Å². The van der Waals surface area contributed by atoms with Crippen LogP contribution < -0.4 is 5.73 Å². The third kappa shape index (κ3) is 2.05. The molecule has 0 unspecified atom stereocenters. The molecule has 3 rings (SSSR count). The van der Waals surface area contributed by atoms with Crippen molar-refractivity contribution in [3.8, 4) is 11.5 Å². The number of rotatable bonds is 1. The van der Waals surface area contributed by atoms with Crippen LogP contribution in [0.25, 0.3) is 22.6 Å². The fourth-order valence-corrected chi connectivity index (χ4v) is 2.31. The van der Waals surface area contributed by atoms with Crippen LogP contribution in [0.3, 0.4) is 0 Å². The minimum Gasteiger partial charge on any atom is -0.436 e. The van der Waals surface area contributed by atoms with E-state index < -0.39 is 0 Å². The van der Waals surface area contributed by atoms with Crippen LogP contribution in [0.1, 0.15) is 5.56 Å². The summed E-state index contributed by atoms with van der Waals surface area (Å²) in [5.74, 6) is 0.499. The molecule has 5 heteroatoms. The van der Waals surface area contributed by atoms with Crippen molar-refractivity contribution in [2.75, 3.05) is 5.73 Å². The lowest BCUT2D eigenvalue weighted by Crippen LogP contribution is -1.88. The first kappa shape index (κ1) is 12.3. The van der Waals surface area contributed by atoms with Crippen LogP contribution in [0.2, 0.25) is 10.0 Å². The first-order chi connectivity index (χ1) is 9.06. The normalized spacial score (nSPS) is 11.1. The van der Waals surface area contributed by atoms with Crippen molar-refractivity contribution >= 4 is 40.0 Å². The van der Waals surface area contributed by atoms with E-state index in [1.165, 1.54) is 5.56 Å². The van der Waals surface area contributed by atoms with Gasteiger partial charge in [0.1, 0.15) is 5.52 Å². The molecule has 0 aliphatic carbocycles. The Morgan fingerprint density at radius 1 is 1.16 bits per heavy atom. The summed E-state index contributed by atoms with van der Waals surface area (Å²) in [4.78, 5) is 4.38. The number of nitrogen functional groups attached to an aromatic ring is 1. The zero-order valence-corrected chi connectivity index (χ0v) is 11.6. The lowest BCUT2D eigenvalue weighted by Gasteiger charge is -1.99. The van der Waals surface area contributed by atoms with Crippen molar-refractivity contribution < 1.29 is 4.42 Å². The van der Waals surface area contributed by atoms with E-state index in [4.69, 9.17) is 33.4 Å². The molecule has 0 amide bonds. The highest BCUT2D eigenvalue weighted by Gasteiger charge is 2.15. The molecule has 0 atom stereocenters. The molecule has 0 saturated carbocycles. The van der Waals surface area contributed by atoms with Crippen molar-refractivity contribution in [2.45, 2.75) is 6.92 Å². The zero-order valence-electron chi connectivity index (χ0n) is 10.1. The van der Waals surface area contributed by atoms with Crippen molar-refractivity contribution in [3.63, 3.8) is 0 Å². The number of hydrogen-bond donors (Lipinski definition) is 1. The summed E-state index contributed by atoms with van der Waals surface area (Å²) in [6, 6.07) is 9.50. The van der Waals surface area contributed by atoms with E-state index in [2.05, 4.69) is 4.98 Å². The summed E-state index contributed by atoms with van der Waals surface area (Å²) in [5, 5.41) is 0.689. The smallest absolute Gasteiger partial charge is 0.227 e. The molecule has 0 bridgehead atoms. The average Bonchev–Trinajstić information content (AvgIpc) is 2.81. The molecule has 0 aliphatic rings. The molecular formula is C14H10Cl2N2O. The third-order valence-electron chi connectivity index (χ3n) is 2.91. The molecule has 3 aromatic rings. The highest BCUT2D eigenvalue weighted by Crippen LogP contribution is 2.36. The second-order valence-electron chi connectivity index (χ2n) is 4.32. The van der Waals surface area contributed by atoms with Crippen LogP contribution in [0.5, 0.6) is 0 Å². The molecule has 0 saturated heterocycles. The Morgan fingerprint density at radius 3 is 2.53 bits per heavy atom. The molecular weight excluding hydrogens is 283 g/mol. The minimum absolute atomic E-state index is 0.319. The van der Waals surface area contributed by atoms with Gasteiger partial charge in [0.2, 0.25) is 5.89 Å². The third-order valence-corrected chi connectivity index (χ3v) is 3.61. The topological polar surface area (TPSA) is 52.0 Å². The number of halogens is 2. The summed E-state index contributed by atoms with van der Waals surface area (Å²) >= 11 is 12.1. The van der Waals surface area contributed by atoms with E-state index in [0.29, 0.717) is 32.7 Å². The molecule has 0 aliphatic heterocycles. The lowest BCUT2D eigenvalue weighted by atomic mass is 10.1. The van der Waals surface area contributed by atoms with E-state index >= 15 is 0 Å². The van der Waals surface area contributed by atoms with Gasteiger partial charge < -0.3 is 10.2 Å². The van der Waals surface area contributed by atoms with Crippen LogP contribution in [0, 0.1) is 6.92 Å². The van der Waals surface area contributed by atoms with Crippen molar-refractivity contribution in [1.82, 2.24) is 4.98 Å². The zero-order chi connectivity index (χ0) is 13.6. The average molecular weight is 293 g/mol. The van der Waals surface area contributed by atoms with Gasteiger partial charge in [-0.2, -0.15) is 0 Å². The van der Waals surface area contributed by atoms with E-state index in [1.54, 1.807) is 6.07 Å². The SMILES string of the molecule is Cc1ccc(-c2nc3c(Cl)c(N)c(Cl)cc3o2)cc1. The summed E-state index contributed by atoms with van der Waals surface area (Å²) in [7, 11) is 0. The highest BCUT2D eigenvalue weighted by atomic mass is 35.5. The molecule has 2 aromatic carbocycles. The molecule has 1 heterocycles. The predicted molar refractivity (Wildman–Crippen MR) is 78.6 cm³/mol. The molecule has 0 radical (unpaired) electrons. The molecule has 19 heavy (non-hydrogen) atoms. The Balaban J connectivity index is 2.22. The summed E-state index contributed by atoms with van der Waals surface area (Å²) in [6.07, 6.45) is 0. The van der Waals surface area contributed by atoms with E-state index in [9.17, 15) is 0 Å². The quantitative estimate of drug-likeness (QED) is 0.662. The fourth-order valence-electron chi connectivity index (χ4n) is 1.83. The Labute approximate surface area is 119 Å².